The second kappa shape index (κ2) is 8.12. The lowest BCUT2D eigenvalue weighted by molar-refractivity contribution is -0.123. The Morgan fingerprint density at radius 3 is 2.71 bits per heavy atom. The van der Waals surface area contributed by atoms with E-state index in [1.807, 2.05) is 24.3 Å². The van der Waals surface area contributed by atoms with Crippen molar-refractivity contribution in [3.63, 3.8) is 0 Å². The van der Waals surface area contributed by atoms with Crippen LogP contribution in [0.5, 0.6) is 0 Å². The largest absolute Gasteiger partial charge is 0.323 e. The van der Waals surface area contributed by atoms with Crippen molar-refractivity contribution in [3.05, 3.63) is 59.7 Å². The summed E-state index contributed by atoms with van der Waals surface area (Å²) in [6, 6.07) is 16.3. The normalized spacial score (nSPS) is 19.8. The van der Waals surface area contributed by atoms with Crippen LogP contribution in [-0.2, 0) is 16.0 Å². The van der Waals surface area contributed by atoms with Crippen molar-refractivity contribution in [2.24, 2.45) is 0 Å². The lowest BCUT2D eigenvalue weighted by Crippen LogP contribution is -2.52. The van der Waals surface area contributed by atoms with E-state index in [0.717, 1.165) is 31.7 Å². The number of para-hydroxylation sites is 2. The van der Waals surface area contributed by atoms with Crippen molar-refractivity contribution < 1.29 is 9.59 Å². The molecule has 2 N–H and O–H groups in total. The maximum absolute atomic E-state index is 13.1. The molecule has 2 aromatic carbocycles. The number of carbonyl (C=O) groups excluding carboxylic acids is 2. The first kappa shape index (κ1) is 18.7. The zero-order valence-electron chi connectivity index (χ0n) is 16.1. The van der Waals surface area contributed by atoms with Crippen LogP contribution in [0.2, 0.25) is 0 Å². The smallest absolute Gasteiger partial charge is 0.244 e. The fourth-order valence-corrected chi connectivity index (χ4v) is 3.95. The Kier molecular flexibility index (Phi) is 5.41. The molecule has 0 radical (unpaired) electrons. The third-order valence-corrected chi connectivity index (χ3v) is 5.54. The highest BCUT2D eigenvalue weighted by atomic mass is 16.2. The molecular formula is C22H26N4O2. The summed E-state index contributed by atoms with van der Waals surface area (Å²) in [5.41, 5.74) is 3.99. The lowest BCUT2D eigenvalue weighted by atomic mass is 10.0. The summed E-state index contributed by atoms with van der Waals surface area (Å²) in [7, 11) is 0. The molecule has 6 heteroatoms. The molecule has 2 aliphatic heterocycles. The number of piperazine rings is 1. The van der Waals surface area contributed by atoms with Gasteiger partial charge in [0.2, 0.25) is 11.8 Å². The van der Waals surface area contributed by atoms with Crippen LogP contribution in [0.15, 0.2) is 48.5 Å². The van der Waals surface area contributed by atoms with E-state index in [4.69, 9.17) is 0 Å². The van der Waals surface area contributed by atoms with Crippen molar-refractivity contribution in [3.8, 4) is 0 Å². The van der Waals surface area contributed by atoms with Gasteiger partial charge >= 0.3 is 0 Å². The number of nitrogens with zero attached hydrogens (tertiary/aromatic N) is 2. The Bertz CT molecular complexity index is 865. The molecular weight excluding hydrogens is 352 g/mol. The molecule has 0 bridgehead atoms. The number of aryl methyl sites for hydroxylation is 1. The number of benzene rings is 2. The number of fused-ring (bicyclic) bond motifs is 1. The van der Waals surface area contributed by atoms with Gasteiger partial charge < -0.3 is 10.6 Å². The Morgan fingerprint density at radius 2 is 1.93 bits per heavy atom. The van der Waals surface area contributed by atoms with Gasteiger partial charge in [0.25, 0.3) is 0 Å². The molecule has 0 aliphatic carbocycles. The summed E-state index contributed by atoms with van der Waals surface area (Å²) in [5, 5.41) is 6.27. The third kappa shape index (κ3) is 3.79. The van der Waals surface area contributed by atoms with E-state index in [1.54, 1.807) is 4.90 Å². The summed E-state index contributed by atoms with van der Waals surface area (Å²) in [5.74, 6) is -0.196. The Hall–Kier alpha value is -2.70. The van der Waals surface area contributed by atoms with Gasteiger partial charge in [0.1, 0.15) is 6.54 Å². The van der Waals surface area contributed by atoms with Gasteiger partial charge in [-0.25, -0.2) is 0 Å². The van der Waals surface area contributed by atoms with Crippen LogP contribution >= 0.6 is 0 Å². The average molecular weight is 378 g/mol. The molecule has 2 amide bonds. The number of nitrogens with one attached hydrogen (secondary N) is 2. The van der Waals surface area contributed by atoms with E-state index in [1.165, 1.54) is 11.1 Å². The highest BCUT2D eigenvalue weighted by Gasteiger charge is 2.31. The van der Waals surface area contributed by atoms with Crippen LogP contribution in [0.3, 0.4) is 0 Å². The van der Waals surface area contributed by atoms with Gasteiger partial charge in [-0.1, -0.05) is 43.3 Å². The Balaban J connectivity index is 1.53. The van der Waals surface area contributed by atoms with Crippen molar-refractivity contribution in [1.82, 2.24) is 10.2 Å². The fourth-order valence-electron chi connectivity index (χ4n) is 3.95. The first-order valence-electron chi connectivity index (χ1n) is 9.88. The van der Waals surface area contributed by atoms with Crippen LogP contribution in [0.4, 0.5) is 11.4 Å². The number of anilines is 2. The van der Waals surface area contributed by atoms with Gasteiger partial charge in [-0.3, -0.25) is 19.4 Å². The standard InChI is InChI=1S/C22H26N4O2/c1-2-16-7-9-17(10-8-16)20-13-23-11-12-25(20)15-22(28)26-14-21(27)24-18-5-3-4-6-19(18)26/h3-10,20,23H,2,11-15H2,1H3,(H,24,27). The summed E-state index contributed by atoms with van der Waals surface area (Å²) >= 11 is 0. The summed E-state index contributed by atoms with van der Waals surface area (Å²) in [4.78, 5) is 29.0. The van der Waals surface area contributed by atoms with Crippen LogP contribution in [-0.4, -0.2) is 49.4 Å². The first-order chi connectivity index (χ1) is 13.7. The van der Waals surface area contributed by atoms with Gasteiger partial charge in [-0.2, -0.15) is 0 Å². The minimum atomic E-state index is -0.154. The minimum Gasteiger partial charge on any atom is -0.323 e. The minimum absolute atomic E-state index is 0.0422. The van der Waals surface area contributed by atoms with Gasteiger partial charge in [0, 0.05) is 25.7 Å². The Labute approximate surface area is 165 Å². The van der Waals surface area contributed by atoms with Gasteiger partial charge in [-0.15, -0.1) is 0 Å². The quantitative estimate of drug-likeness (QED) is 0.856. The fraction of sp³-hybridized carbons (Fsp3) is 0.364. The SMILES string of the molecule is CCc1ccc(C2CNCCN2CC(=O)N2CC(=O)Nc3ccccc32)cc1. The molecule has 4 rings (SSSR count). The predicted octanol–water partition coefficient (Wildman–Crippen LogP) is 2.18. The van der Waals surface area contributed by atoms with Crippen LogP contribution < -0.4 is 15.5 Å². The van der Waals surface area contributed by atoms with E-state index < -0.39 is 0 Å². The van der Waals surface area contributed by atoms with Crippen molar-refractivity contribution in [2.75, 3.05) is 42.9 Å². The number of rotatable bonds is 4. The molecule has 0 aromatic heterocycles. The molecule has 0 saturated carbocycles. The lowest BCUT2D eigenvalue weighted by Gasteiger charge is -2.38. The van der Waals surface area contributed by atoms with E-state index in [9.17, 15) is 9.59 Å². The molecule has 2 aromatic rings. The third-order valence-electron chi connectivity index (χ3n) is 5.54. The molecule has 146 valence electrons. The molecule has 6 nitrogen and oxygen atoms in total. The first-order valence-corrected chi connectivity index (χ1v) is 9.88. The maximum atomic E-state index is 13.1. The number of carbonyl (C=O) groups is 2. The number of hydrogen-bond acceptors (Lipinski definition) is 4. The van der Waals surface area contributed by atoms with Crippen LogP contribution in [0, 0.1) is 0 Å². The monoisotopic (exact) mass is 378 g/mol. The van der Waals surface area contributed by atoms with Crippen LogP contribution in [0.1, 0.15) is 24.1 Å². The topological polar surface area (TPSA) is 64.7 Å². The van der Waals surface area contributed by atoms with Crippen molar-refractivity contribution >= 4 is 23.2 Å². The molecule has 1 atom stereocenters. The molecule has 1 saturated heterocycles. The van der Waals surface area contributed by atoms with Crippen molar-refractivity contribution in [2.45, 2.75) is 19.4 Å². The predicted molar refractivity (Wildman–Crippen MR) is 110 cm³/mol. The molecule has 0 spiro atoms. The highest BCUT2D eigenvalue weighted by Crippen LogP contribution is 2.30. The highest BCUT2D eigenvalue weighted by molar-refractivity contribution is 6.10. The van der Waals surface area contributed by atoms with E-state index >= 15 is 0 Å². The zero-order valence-corrected chi connectivity index (χ0v) is 16.1. The molecule has 1 fully saturated rings. The molecule has 2 heterocycles. The van der Waals surface area contributed by atoms with E-state index in [0.29, 0.717) is 12.2 Å². The maximum Gasteiger partial charge on any atom is 0.244 e. The van der Waals surface area contributed by atoms with Crippen LogP contribution in [0.25, 0.3) is 0 Å². The average Bonchev–Trinajstić information content (AvgIpc) is 2.73. The van der Waals surface area contributed by atoms with Gasteiger partial charge in [-0.05, 0) is 29.7 Å². The number of hydrogen-bond donors (Lipinski definition) is 2. The van der Waals surface area contributed by atoms with Gasteiger partial charge in [0.05, 0.1) is 17.9 Å². The summed E-state index contributed by atoms with van der Waals surface area (Å²) in [6.45, 7) is 4.98. The zero-order chi connectivity index (χ0) is 19.5. The van der Waals surface area contributed by atoms with Gasteiger partial charge in [0.15, 0.2) is 0 Å². The Morgan fingerprint density at radius 1 is 1.14 bits per heavy atom. The molecule has 2 aliphatic rings. The molecule has 28 heavy (non-hydrogen) atoms. The summed E-state index contributed by atoms with van der Waals surface area (Å²) in [6.07, 6.45) is 1.02. The van der Waals surface area contributed by atoms with E-state index in [-0.39, 0.29) is 24.4 Å². The van der Waals surface area contributed by atoms with Crippen molar-refractivity contribution in [1.29, 1.82) is 0 Å². The van der Waals surface area contributed by atoms with E-state index in [2.05, 4.69) is 46.7 Å². The second-order valence-electron chi connectivity index (χ2n) is 7.33. The molecule has 1 unspecified atom stereocenters. The summed E-state index contributed by atoms with van der Waals surface area (Å²) < 4.78 is 0. The second-order valence-corrected chi connectivity index (χ2v) is 7.33. The number of amides is 2.